The lowest BCUT2D eigenvalue weighted by Gasteiger charge is -2.11. The van der Waals surface area contributed by atoms with Gasteiger partial charge in [-0.25, -0.2) is 4.98 Å². The summed E-state index contributed by atoms with van der Waals surface area (Å²) in [6.07, 6.45) is 3.56. The first kappa shape index (κ1) is 19.3. The third-order valence-corrected chi connectivity index (χ3v) is 4.79. The van der Waals surface area contributed by atoms with Gasteiger partial charge >= 0.3 is 0 Å². The van der Waals surface area contributed by atoms with Gasteiger partial charge in [-0.3, -0.25) is 9.59 Å². The van der Waals surface area contributed by atoms with E-state index in [0.717, 1.165) is 5.56 Å². The van der Waals surface area contributed by atoms with Crippen molar-refractivity contribution in [2.24, 2.45) is 5.73 Å². The smallest absolute Gasteiger partial charge is 0.248 e. The topological polar surface area (TPSA) is 123 Å². The maximum Gasteiger partial charge on any atom is 0.248 e. The van der Waals surface area contributed by atoms with Gasteiger partial charge in [0, 0.05) is 29.6 Å². The summed E-state index contributed by atoms with van der Waals surface area (Å²) in [6.45, 7) is 0.566. The highest BCUT2D eigenvalue weighted by atomic mass is 16.5. The van der Waals surface area contributed by atoms with Gasteiger partial charge in [-0.15, -0.1) is 0 Å². The number of rotatable bonds is 7. The van der Waals surface area contributed by atoms with Crippen LogP contribution in [-0.4, -0.2) is 29.5 Å². The number of hydrogen-bond acceptors (Lipinski definition) is 6. The van der Waals surface area contributed by atoms with Crippen LogP contribution in [-0.2, 0) is 6.42 Å². The Bertz CT molecular complexity index is 1260. The van der Waals surface area contributed by atoms with Crippen LogP contribution in [0.3, 0.4) is 0 Å². The van der Waals surface area contributed by atoms with Gasteiger partial charge in [0.25, 0.3) is 0 Å². The predicted octanol–water partition coefficient (Wildman–Crippen LogP) is 2.95. The molecular weight excluding hydrogens is 384 g/mol. The van der Waals surface area contributed by atoms with Gasteiger partial charge in [0.05, 0.1) is 24.4 Å². The number of nitrogens with zero attached hydrogens (tertiary/aromatic N) is 1. The highest BCUT2D eigenvalue weighted by Crippen LogP contribution is 2.32. The second-order valence-corrected chi connectivity index (χ2v) is 6.75. The van der Waals surface area contributed by atoms with E-state index in [4.69, 9.17) is 14.9 Å². The summed E-state index contributed by atoms with van der Waals surface area (Å²) >= 11 is 0. The molecule has 0 radical (unpaired) electrons. The number of ether oxygens (including phenoxy) is 1. The molecule has 0 bridgehead atoms. The third kappa shape index (κ3) is 3.88. The molecule has 0 spiro atoms. The Balaban J connectivity index is 1.57. The number of aromatic nitrogens is 2. The van der Waals surface area contributed by atoms with E-state index in [1.54, 1.807) is 43.6 Å². The standard InChI is InChI=1S/C22H20N4O4/c1-29-19-9-17-15(8-16(19)20-11-24-12-30-20)18(27)10-21(26-17)25-6-5-13-3-2-4-14(7-13)22(23)28/h2-4,7-12H,5-6H2,1H3,(H2,23,28)(H2,25,26,27). The summed E-state index contributed by atoms with van der Waals surface area (Å²) < 4.78 is 10.8. The van der Waals surface area contributed by atoms with E-state index in [9.17, 15) is 9.59 Å². The lowest BCUT2D eigenvalue weighted by Crippen LogP contribution is -2.13. The Hall–Kier alpha value is -4.07. The number of carbonyl (C=O) groups is 1. The fourth-order valence-corrected chi connectivity index (χ4v) is 3.30. The zero-order chi connectivity index (χ0) is 21.1. The molecule has 2 heterocycles. The highest BCUT2D eigenvalue weighted by Gasteiger charge is 2.13. The van der Waals surface area contributed by atoms with E-state index in [-0.39, 0.29) is 5.43 Å². The molecule has 1 amide bonds. The lowest BCUT2D eigenvalue weighted by atomic mass is 10.1. The number of benzene rings is 2. The minimum absolute atomic E-state index is 0.134. The van der Waals surface area contributed by atoms with Crippen LogP contribution in [0.1, 0.15) is 15.9 Å². The first-order chi connectivity index (χ1) is 14.5. The molecular formula is C22H20N4O4. The lowest BCUT2D eigenvalue weighted by molar-refractivity contribution is 0.1000. The monoisotopic (exact) mass is 404 g/mol. The number of hydrogen-bond donors (Lipinski definition) is 3. The number of carbonyl (C=O) groups excluding carboxylic acids is 1. The number of amides is 1. The predicted molar refractivity (Wildman–Crippen MR) is 114 cm³/mol. The second kappa shape index (κ2) is 8.12. The fraction of sp³-hybridized carbons (Fsp3) is 0.136. The number of oxazole rings is 1. The molecule has 8 heteroatoms. The Morgan fingerprint density at radius 1 is 1.27 bits per heavy atom. The second-order valence-electron chi connectivity index (χ2n) is 6.75. The highest BCUT2D eigenvalue weighted by molar-refractivity contribution is 5.93. The zero-order valence-corrected chi connectivity index (χ0v) is 16.3. The van der Waals surface area contributed by atoms with Crippen LogP contribution < -0.4 is 21.2 Å². The van der Waals surface area contributed by atoms with Crippen molar-refractivity contribution in [3.05, 3.63) is 76.4 Å². The number of methoxy groups -OCH3 is 1. The van der Waals surface area contributed by atoms with E-state index in [2.05, 4.69) is 15.3 Å². The maximum atomic E-state index is 12.7. The van der Waals surface area contributed by atoms with E-state index < -0.39 is 5.91 Å². The van der Waals surface area contributed by atoms with Gasteiger partial charge in [-0.2, -0.15) is 0 Å². The normalized spacial score (nSPS) is 10.8. The number of fused-ring (bicyclic) bond motifs is 1. The molecule has 4 rings (SSSR count). The van der Waals surface area contributed by atoms with Gasteiger partial charge in [0.15, 0.2) is 17.6 Å². The molecule has 152 valence electrons. The summed E-state index contributed by atoms with van der Waals surface area (Å²) in [5.41, 5.74) is 7.93. The fourth-order valence-electron chi connectivity index (χ4n) is 3.30. The minimum Gasteiger partial charge on any atom is -0.496 e. The number of primary amides is 1. The summed E-state index contributed by atoms with van der Waals surface area (Å²) in [5, 5.41) is 3.73. The maximum absolute atomic E-state index is 12.7. The molecule has 0 saturated heterocycles. The number of nitrogens with two attached hydrogens (primary N) is 1. The van der Waals surface area contributed by atoms with Gasteiger partial charge in [-0.1, -0.05) is 12.1 Å². The number of pyridine rings is 1. The molecule has 0 fully saturated rings. The van der Waals surface area contributed by atoms with Gasteiger partial charge in [0.1, 0.15) is 11.6 Å². The van der Waals surface area contributed by atoms with Crippen molar-refractivity contribution in [3.63, 3.8) is 0 Å². The van der Waals surface area contributed by atoms with Gasteiger partial charge in [-0.05, 0) is 30.2 Å². The van der Waals surface area contributed by atoms with Crippen molar-refractivity contribution in [3.8, 4) is 17.1 Å². The molecule has 2 aromatic carbocycles. The molecule has 4 N–H and O–H groups in total. The Labute approximate surface area is 171 Å². The average molecular weight is 404 g/mol. The van der Waals surface area contributed by atoms with Gasteiger partial charge < -0.3 is 25.2 Å². The van der Waals surface area contributed by atoms with E-state index >= 15 is 0 Å². The Kier molecular flexibility index (Phi) is 5.21. The quantitative estimate of drug-likeness (QED) is 0.435. The zero-order valence-electron chi connectivity index (χ0n) is 16.3. The van der Waals surface area contributed by atoms with E-state index in [0.29, 0.717) is 52.3 Å². The summed E-state index contributed by atoms with van der Waals surface area (Å²) in [7, 11) is 1.56. The van der Waals surface area contributed by atoms with Crippen molar-refractivity contribution in [2.45, 2.75) is 6.42 Å². The molecule has 8 nitrogen and oxygen atoms in total. The molecule has 0 aliphatic carbocycles. The third-order valence-electron chi connectivity index (χ3n) is 4.79. The van der Waals surface area contributed by atoms with Crippen LogP contribution in [0.15, 0.2) is 64.3 Å². The van der Waals surface area contributed by atoms with Crippen LogP contribution in [0.5, 0.6) is 5.75 Å². The number of anilines is 1. The van der Waals surface area contributed by atoms with Crippen molar-refractivity contribution < 1.29 is 13.9 Å². The van der Waals surface area contributed by atoms with Crippen LogP contribution >= 0.6 is 0 Å². The Morgan fingerprint density at radius 3 is 2.87 bits per heavy atom. The number of nitrogens with one attached hydrogen (secondary N) is 2. The molecule has 0 aliphatic rings. The van der Waals surface area contributed by atoms with E-state index in [1.807, 2.05) is 6.07 Å². The first-order valence-electron chi connectivity index (χ1n) is 9.31. The number of H-pyrrole nitrogens is 1. The average Bonchev–Trinajstić information content (AvgIpc) is 3.28. The van der Waals surface area contributed by atoms with Crippen LogP contribution in [0.25, 0.3) is 22.2 Å². The van der Waals surface area contributed by atoms with Crippen LogP contribution in [0, 0.1) is 0 Å². The molecule has 0 aliphatic heterocycles. The van der Waals surface area contributed by atoms with Crippen molar-refractivity contribution >= 4 is 22.6 Å². The summed E-state index contributed by atoms with van der Waals surface area (Å²) in [5.74, 6) is 1.22. The molecule has 2 aromatic heterocycles. The van der Waals surface area contributed by atoms with Crippen LogP contribution in [0.4, 0.5) is 5.82 Å². The van der Waals surface area contributed by atoms with Crippen molar-refractivity contribution in [2.75, 3.05) is 19.0 Å². The SMILES string of the molecule is COc1cc2[nH]c(NCCc3cccc(C(N)=O)c3)cc(=O)c2cc1-c1cnco1. The Morgan fingerprint density at radius 2 is 2.13 bits per heavy atom. The minimum atomic E-state index is -0.456. The summed E-state index contributed by atoms with van der Waals surface area (Å²) in [6, 6.07) is 12.2. The molecule has 0 saturated carbocycles. The molecule has 0 atom stereocenters. The largest absolute Gasteiger partial charge is 0.496 e. The van der Waals surface area contributed by atoms with Crippen molar-refractivity contribution in [1.29, 1.82) is 0 Å². The molecule has 0 unspecified atom stereocenters. The first-order valence-corrected chi connectivity index (χ1v) is 9.31. The van der Waals surface area contributed by atoms with Gasteiger partial charge in [0.2, 0.25) is 5.91 Å². The van der Waals surface area contributed by atoms with Crippen LogP contribution in [0.2, 0.25) is 0 Å². The number of aromatic amines is 1. The van der Waals surface area contributed by atoms with E-state index in [1.165, 1.54) is 12.5 Å². The molecule has 30 heavy (non-hydrogen) atoms. The summed E-state index contributed by atoms with van der Waals surface area (Å²) in [4.78, 5) is 31.1. The van der Waals surface area contributed by atoms with Crippen molar-refractivity contribution in [1.82, 2.24) is 9.97 Å². The molecule has 4 aromatic rings.